The van der Waals surface area contributed by atoms with Crippen molar-refractivity contribution in [2.75, 3.05) is 11.5 Å². The van der Waals surface area contributed by atoms with E-state index in [4.69, 9.17) is 15.9 Å². The summed E-state index contributed by atoms with van der Waals surface area (Å²) in [6.45, 7) is -0.494. The maximum absolute atomic E-state index is 12.8. The monoisotopic (exact) mass is 195 g/mol. The minimum atomic E-state index is -0.494. The number of halogens is 1. The zero-order valence-corrected chi connectivity index (χ0v) is 7.37. The summed E-state index contributed by atoms with van der Waals surface area (Å²) < 4.78 is 12.8. The molecule has 0 aliphatic rings. The molecule has 0 atom stereocenters. The van der Waals surface area contributed by atoms with E-state index in [0.717, 1.165) is 11.2 Å². The summed E-state index contributed by atoms with van der Waals surface area (Å²) in [6.07, 6.45) is 0.854. The Bertz CT molecular complexity index is 354. The second-order valence-electron chi connectivity index (χ2n) is 2.58. The first-order chi connectivity index (χ1) is 6.69. The second kappa shape index (κ2) is 4.48. The average Bonchev–Trinajstić information content (AvgIpc) is 2.19. The summed E-state index contributed by atoms with van der Waals surface area (Å²) in [5.41, 5.74) is 0.346. The Morgan fingerprint density at radius 1 is 1.57 bits per heavy atom. The third-order valence-corrected chi connectivity index (χ3v) is 1.66. The van der Waals surface area contributed by atoms with Crippen LogP contribution in [-0.2, 0) is 0 Å². The van der Waals surface area contributed by atoms with Crippen molar-refractivity contribution in [3.8, 4) is 0 Å². The molecule has 0 aliphatic carbocycles. The maximum atomic E-state index is 12.8. The molecule has 3 N–H and O–H groups in total. The summed E-state index contributed by atoms with van der Waals surface area (Å²) in [5.74, 6) is -0.620. The molecule has 74 valence electrons. The number of anilines is 1. The van der Waals surface area contributed by atoms with Gasteiger partial charge in [0, 0.05) is 0 Å². The number of benzene rings is 1. The van der Waals surface area contributed by atoms with Crippen molar-refractivity contribution in [3.63, 3.8) is 0 Å². The summed E-state index contributed by atoms with van der Waals surface area (Å²) in [4.78, 5) is 1.09. The Morgan fingerprint density at radius 2 is 2.29 bits per heavy atom. The molecular weight excluding hydrogens is 185 g/mol. The lowest BCUT2D eigenvalue weighted by Gasteiger charge is -2.17. The molecule has 0 saturated carbocycles. The van der Waals surface area contributed by atoms with Gasteiger partial charge in [0.15, 0.2) is 0 Å². The Kier molecular flexibility index (Phi) is 3.30. The van der Waals surface area contributed by atoms with Gasteiger partial charge in [0.1, 0.15) is 18.3 Å². The minimum Gasteiger partial charge on any atom is -0.388 e. The number of hydrogen-bond acceptors (Lipinski definition) is 3. The molecule has 0 bridgehead atoms. The molecular formula is C9H10FN3O. The summed E-state index contributed by atoms with van der Waals surface area (Å²) in [5, 5.41) is 23.0. The molecule has 1 aromatic carbocycles. The van der Waals surface area contributed by atoms with Gasteiger partial charge in [-0.2, -0.15) is 0 Å². The standard InChI is InChI=1S/C9H10FN3O/c10-7-2-1-3-8(4-7)13(6-11)9(12)5-14/h1-4,6,11-12,14H,5H2. The van der Waals surface area contributed by atoms with Gasteiger partial charge >= 0.3 is 0 Å². The van der Waals surface area contributed by atoms with Gasteiger partial charge in [-0.05, 0) is 18.2 Å². The van der Waals surface area contributed by atoms with Crippen LogP contribution in [0.1, 0.15) is 0 Å². The highest BCUT2D eigenvalue weighted by Crippen LogP contribution is 2.14. The van der Waals surface area contributed by atoms with Crippen molar-refractivity contribution in [1.29, 1.82) is 10.8 Å². The molecule has 5 heteroatoms. The van der Waals surface area contributed by atoms with Gasteiger partial charge in [0.25, 0.3) is 0 Å². The molecule has 1 rings (SSSR count). The van der Waals surface area contributed by atoms with E-state index in [0.29, 0.717) is 5.69 Å². The maximum Gasteiger partial charge on any atom is 0.132 e. The summed E-state index contributed by atoms with van der Waals surface area (Å²) >= 11 is 0. The normalized spacial score (nSPS) is 9.57. The second-order valence-corrected chi connectivity index (χ2v) is 2.58. The highest BCUT2D eigenvalue weighted by molar-refractivity contribution is 6.09. The molecule has 0 aromatic heterocycles. The number of amidine groups is 1. The van der Waals surface area contributed by atoms with Crippen LogP contribution in [-0.4, -0.2) is 23.9 Å². The molecule has 0 unspecified atom stereocenters. The van der Waals surface area contributed by atoms with Gasteiger partial charge in [-0.15, -0.1) is 0 Å². The molecule has 0 heterocycles. The van der Waals surface area contributed by atoms with E-state index in [1.807, 2.05) is 0 Å². The lowest BCUT2D eigenvalue weighted by molar-refractivity contribution is 0.355. The van der Waals surface area contributed by atoms with E-state index in [1.165, 1.54) is 18.2 Å². The number of aliphatic hydroxyl groups excluding tert-OH is 1. The topological polar surface area (TPSA) is 71.2 Å². The van der Waals surface area contributed by atoms with Crippen molar-refractivity contribution >= 4 is 17.9 Å². The molecule has 0 saturated heterocycles. The fraction of sp³-hybridized carbons (Fsp3) is 0.111. The van der Waals surface area contributed by atoms with E-state index in [1.54, 1.807) is 6.07 Å². The molecule has 14 heavy (non-hydrogen) atoms. The fourth-order valence-corrected chi connectivity index (χ4v) is 1.01. The van der Waals surface area contributed by atoms with Crippen LogP contribution < -0.4 is 4.90 Å². The van der Waals surface area contributed by atoms with Crippen LogP contribution in [0.5, 0.6) is 0 Å². The number of nitrogens with one attached hydrogen (secondary N) is 2. The van der Waals surface area contributed by atoms with E-state index in [-0.39, 0.29) is 5.84 Å². The first-order valence-electron chi connectivity index (χ1n) is 3.92. The first-order valence-corrected chi connectivity index (χ1v) is 3.92. The van der Waals surface area contributed by atoms with Crippen LogP contribution in [0.4, 0.5) is 10.1 Å². The Balaban J connectivity index is 3.00. The number of rotatable bonds is 3. The third kappa shape index (κ3) is 2.14. The molecule has 0 amide bonds. The van der Waals surface area contributed by atoms with Crippen LogP contribution in [0.25, 0.3) is 0 Å². The third-order valence-electron chi connectivity index (χ3n) is 1.66. The smallest absolute Gasteiger partial charge is 0.132 e. The highest BCUT2D eigenvalue weighted by atomic mass is 19.1. The zero-order chi connectivity index (χ0) is 10.6. The predicted octanol–water partition coefficient (Wildman–Crippen LogP) is 1.21. The van der Waals surface area contributed by atoms with E-state index >= 15 is 0 Å². The van der Waals surface area contributed by atoms with E-state index in [9.17, 15) is 4.39 Å². The Labute approximate surface area is 80.6 Å². The Morgan fingerprint density at radius 3 is 2.79 bits per heavy atom. The van der Waals surface area contributed by atoms with Crippen LogP contribution in [0.3, 0.4) is 0 Å². The SMILES string of the molecule is N=CN(C(=N)CO)c1cccc(F)c1. The van der Waals surface area contributed by atoms with Gasteiger partial charge < -0.3 is 5.11 Å². The van der Waals surface area contributed by atoms with Crippen molar-refractivity contribution in [3.05, 3.63) is 30.1 Å². The molecule has 1 aromatic rings. The Hall–Kier alpha value is -1.75. The van der Waals surface area contributed by atoms with Crippen molar-refractivity contribution in [1.82, 2.24) is 0 Å². The quantitative estimate of drug-likeness (QED) is 0.501. The lowest BCUT2D eigenvalue weighted by Crippen LogP contribution is -2.30. The van der Waals surface area contributed by atoms with Crippen LogP contribution in [0, 0.1) is 16.6 Å². The van der Waals surface area contributed by atoms with Crippen molar-refractivity contribution < 1.29 is 9.50 Å². The summed E-state index contributed by atoms with van der Waals surface area (Å²) in [6, 6.07) is 5.49. The number of nitrogens with zero attached hydrogens (tertiary/aromatic N) is 1. The highest BCUT2D eigenvalue weighted by Gasteiger charge is 2.08. The van der Waals surface area contributed by atoms with Gasteiger partial charge in [0.05, 0.1) is 12.0 Å². The molecule has 0 aliphatic heterocycles. The largest absolute Gasteiger partial charge is 0.388 e. The van der Waals surface area contributed by atoms with E-state index in [2.05, 4.69) is 0 Å². The molecule has 4 nitrogen and oxygen atoms in total. The molecule has 0 spiro atoms. The van der Waals surface area contributed by atoms with Crippen LogP contribution in [0.2, 0.25) is 0 Å². The fourth-order valence-electron chi connectivity index (χ4n) is 1.01. The zero-order valence-electron chi connectivity index (χ0n) is 7.37. The predicted molar refractivity (Wildman–Crippen MR) is 52.5 cm³/mol. The molecule has 0 fully saturated rings. The molecule has 0 radical (unpaired) electrons. The minimum absolute atomic E-state index is 0.175. The van der Waals surface area contributed by atoms with Crippen LogP contribution >= 0.6 is 0 Å². The van der Waals surface area contributed by atoms with Gasteiger partial charge in [-0.25, -0.2) is 4.39 Å². The van der Waals surface area contributed by atoms with Gasteiger partial charge in [-0.3, -0.25) is 15.7 Å². The van der Waals surface area contributed by atoms with E-state index < -0.39 is 12.4 Å². The van der Waals surface area contributed by atoms with Gasteiger partial charge in [0.2, 0.25) is 0 Å². The lowest BCUT2D eigenvalue weighted by atomic mass is 10.3. The van der Waals surface area contributed by atoms with Crippen molar-refractivity contribution in [2.24, 2.45) is 0 Å². The first kappa shape index (κ1) is 10.3. The van der Waals surface area contributed by atoms with Crippen LogP contribution in [0.15, 0.2) is 24.3 Å². The summed E-state index contributed by atoms with van der Waals surface area (Å²) in [7, 11) is 0. The van der Waals surface area contributed by atoms with Crippen molar-refractivity contribution in [2.45, 2.75) is 0 Å². The number of aliphatic hydroxyl groups is 1. The van der Waals surface area contributed by atoms with Gasteiger partial charge in [-0.1, -0.05) is 6.07 Å². The number of hydrogen-bond donors (Lipinski definition) is 3. The average molecular weight is 195 g/mol.